The van der Waals surface area contributed by atoms with E-state index in [4.69, 9.17) is 20.0 Å². The Hall–Kier alpha value is -4.61. The number of anilines is 2. The number of benzene rings is 1. The summed E-state index contributed by atoms with van der Waals surface area (Å²) in [6.07, 6.45) is 9.26. The zero-order valence-corrected chi connectivity index (χ0v) is 23.4. The molecule has 1 saturated heterocycles. The van der Waals surface area contributed by atoms with Crippen LogP contribution >= 0.6 is 0 Å². The van der Waals surface area contributed by atoms with Gasteiger partial charge in [-0.3, -0.25) is 4.98 Å². The van der Waals surface area contributed by atoms with Crippen LogP contribution in [0.1, 0.15) is 51.4 Å². The first-order chi connectivity index (χ1) is 19.7. The smallest absolute Gasteiger partial charge is 0.410 e. The molecule has 0 atom stereocenters. The number of nitrogen functional groups attached to an aromatic ring is 1. The van der Waals surface area contributed by atoms with Crippen molar-refractivity contribution in [1.29, 1.82) is 0 Å². The molecule has 2 N–H and O–H groups in total. The summed E-state index contributed by atoms with van der Waals surface area (Å²) in [5, 5.41) is 4.37. The number of piperazine rings is 1. The van der Waals surface area contributed by atoms with Gasteiger partial charge in [0.25, 0.3) is 5.89 Å². The second kappa shape index (κ2) is 10.4. The molecule has 0 radical (unpaired) electrons. The fourth-order valence-electron chi connectivity index (χ4n) is 5.18. The summed E-state index contributed by atoms with van der Waals surface area (Å²) < 4.78 is 11.1. The molecule has 1 amide bonds. The van der Waals surface area contributed by atoms with Gasteiger partial charge in [0, 0.05) is 31.7 Å². The summed E-state index contributed by atoms with van der Waals surface area (Å²) >= 11 is 0. The van der Waals surface area contributed by atoms with E-state index in [1.807, 2.05) is 32.9 Å². The molecule has 212 valence electrons. The third-order valence-corrected chi connectivity index (χ3v) is 7.58. The Kier molecular flexibility index (Phi) is 6.76. The minimum absolute atomic E-state index is 0.290. The highest BCUT2D eigenvalue weighted by Gasteiger charge is 2.44. The van der Waals surface area contributed by atoms with E-state index in [9.17, 15) is 4.79 Å². The SMILES string of the molecule is CC(C)(C)OC(=O)N1CCN(c2cnc(-c3nc(C4(c5ccc(-c6cnc(N)cn6)cc5)CCC4)no3)cn2)CC1. The molecule has 1 aliphatic heterocycles. The fourth-order valence-corrected chi connectivity index (χ4v) is 5.18. The highest BCUT2D eigenvalue weighted by molar-refractivity contribution is 5.68. The zero-order chi connectivity index (χ0) is 28.6. The molecule has 3 aromatic heterocycles. The molecule has 2 aliphatic rings. The molecule has 6 rings (SSSR count). The summed E-state index contributed by atoms with van der Waals surface area (Å²) in [6, 6.07) is 8.27. The van der Waals surface area contributed by atoms with Crippen molar-refractivity contribution in [2.45, 2.75) is 51.0 Å². The number of amides is 1. The van der Waals surface area contributed by atoms with Crippen molar-refractivity contribution in [3.8, 4) is 22.8 Å². The van der Waals surface area contributed by atoms with Gasteiger partial charge in [-0.2, -0.15) is 4.98 Å². The van der Waals surface area contributed by atoms with Crippen molar-refractivity contribution in [1.82, 2.24) is 35.0 Å². The number of hydrogen-bond donors (Lipinski definition) is 1. The molecule has 1 aliphatic carbocycles. The average Bonchev–Trinajstić information content (AvgIpc) is 3.43. The van der Waals surface area contributed by atoms with Crippen LogP contribution in [0.15, 0.2) is 53.6 Å². The standard InChI is InChI=1S/C29H33N9O3/c1-28(2,3)40-27(39)38-13-11-37(12-14-38)24-18-32-22(16-34-24)25-35-26(36-41-25)29(9-4-10-29)20-7-5-19(6-8-20)21-15-33-23(30)17-31-21/h5-8,15-18H,4,9-14H2,1-3H3,(H2,30,33). The van der Waals surface area contributed by atoms with E-state index in [0.717, 1.165) is 41.9 Å². The van der Waals surface area contributed by atoms with E-state index in [2.05, 4.69) is 42.1 Å². The van der Waals surface area contributed by atoms with Crippen molar-refractivity contribution >= 4 is 17.7 Å². The number of nitrogens with zero attached hydrogens (tertiary/aromatic N) is 8. The molecule has 0 spiro atoms. The van der Waals surface area contributed by atoms with Crippen LogP contribution in [-0.4, -0.2) is 72.8 Å². The van der Waals surface area contributed by atoms with Gasteiger partial charge in [0.2, 0.25) is 0 Å². The molecule has 1 aromatic carbocycles. The van der Waals surface area contributed by atoms with Crippen molar-refractivity contribution < 1.29 is 14.1 Å². The second-order valence-corrected chi connectivity index (χ2v) is 11.5. The van der Waals surface area contributed by atoms with Crippen molar-refractivity contribution in [2.75, 3.05) is 36.8 Å². The molecule has 1 saturated carbocycles. The molecule has 12 nitrogen and oxygen atoms in total. The molecule has 2 fully saturated rings. The summed E-state index contributed by atoms with van der Waals surface area (Å²) in [5.41, 5.74) is 8.24. The van der Waals surface area contributed by atoms with Gasteiger partial charge in [-0.15, -0.1) is 0 Å². The molecule has 0 unspecified atom stereocenters. The number of carbonyl (C=O) groups is 1. The summed E-state index contributed by atoms with van der Waals surface area (Å²) in [4.78, 5) is 38.6. The predicted octanol–water partition coefficient (Wildman–Crippen LogP) is 4.09. The minimum atomic E-state index is -0.513. The maximum atomic E-state index is 12.4. The first-order valence-electron chi connectivity index (χ1n) is 13.8. The van der Waals surface area contributed by atoms with Crippen molar-refractivity contribution in [3.63, 3.8) is 0 Å². The molecule has 12 heteroatoms. The largest absolute Gasteiger partial charge is 0.444 e. The maximum Gasteiger partial charge on any atom is 0.410 e. The van der Waals surface area contributed by atoms with Crippen LogP contribution in [0.25, 0.3) is 22.8 Å². The van der Waals surface area contributed by atoms with E-state index in [0.29, 0.717) is 49.4 Å². The lowest BCUT2D eigenvalue weighted by molar-refractivity contribution is 0.0240. The molecule has 0 bridgehead atoms. The normalized spacial score (nSPS) is 16.8. The van der Waals surface area contributed by atoms with Crippen LogP contribution in [0.4, 0.5) is 16.4 Å². The lowest BCUT2D eigenvalue weighted by Crippen LogP contribution is -2.50. The highest BCUT2D eigenvalue weighted by atomic mass is 16.6. The van der Waals surface area contributed by atoms with E-state index < -0.39 is 5.60 Å². The molecule has 4 aromatic rings. The number of nitrogens with two attached hydrogens (primary N) is 1. The fraction of sp³-hybridized carbons (Fsp3) is 0.414. The number of ether oxygens (including phenoxy) is 1. The monoisotopic (exact) mass is 555 g/mol. The second-order valence-electron chi connectivity index (χ2n) is 11.5. The summed E-state index contributed by atoms with van der Waals surface area (Å²) in [5.74, 6) is 2.12. The van der Waals surface area contributed by atoms with Gasteiger partial charge in [0.1, 0.15) is 22.9 Å². The topological polar surface area (TPSA) is 149 Å². The van der Waals surface area contributed by atoms with Crippen LogP contribution in [0.5, 0.6) is 0 Å². The van der Waals surface area contributed by atoms with Gasteiger partial charge in [-0.1, -0.05) is 35.8 Å². The van der Waals surface area contributed by atoms with E-state index in [1.54, 1.807) is 29.7 Å². The Morgan fingerprint density at radius 2 is 1.63 bits per heavy atom. The van der Waals surface area contributed by atoms with Gasteiger partial charge in [0.15, 0.2) is 5.82 Å². The molecule has 41 heavy (non-hydrogen) atoms. The maximum absolute atomic E-state index is 12.4. The minimum Gasteiger partial charge on any atom is -0.444 e. The Morgan fingerprint density at radius 3 is 2.22 bits per heavy atom. The van der Waals surface area contributed by atoms with Crippen LogP contribution in [0, 0.1) is 0 Å². The van der Waals surface area contributed by atoms with Crippen LogP contribution in [0.3, 0.4) is 0 Å². The Morgan fingerprint density at radius 1 is 0.927 bits per heavy atom. The lowest BCUT2D eigenvalue weighted by atomic mass is 9.64. The molecular weight excluding hydrogens is 522 g/mol. The zero-order valence-electron chi connectivity index (χ0n) is 23.4. The number of carbonyl (C=O) groups excluding carboxylic acids is 1. The Balaban J connectivity index is 1.13. The van der Waals surface area contributed by atoms with Crippen molar-refractivity contribution in [3.05, 3.63) is 60.4 Å². The van der Waals surface area contributed by atoms with E-state index in [-0.39, 0.29) is 11.5 Å². The summed E-state index contributed by atoms with van der Waals surface area (Å²) in [7, 11) is 0. The number of rotatable bonds is 5. The number of aromatic nitrogens is 6. The van der Waals surface area contributed by atoms with Crippen LogP contribution in [-0.2, 0) is 10.2 Å². The average molecular weight is 556 g/mol. The first kappa shape index (κ1) is 26.6. The predicted molar refractivity (Wildman–Crippen MR) is 152 cm³/mol. The van der Waals surface area contributed by atoms with Crippen LogP contribution < -0.4 is 10.6 Å². The highest BCUT2D eigenvalue weighted by Crippen LogP contribution is 2.48. The van der Waals surface area contributed by atoms with E-state index in [1.165, 1.54) is 0 Å². The molecular formula is C29H33N9O3. The lowest BCUT2D eigenvalue weighted by Gasteiger charge is -2.39. The van der Waals surface area contributed by atoms with Gasteiger partial charge in [-0.05, 0) is 39.2 Å². The van der Waals surface area contributed by atoms with Gasteiger partial charge < -0.3 is 24.8 Å². The van der Waals surface area contributed by atoms with Gasteiger partial charge >= 0.3 is 6.09 Å². The Labute approximate surface area is 238 Å². The van der Waals surface area contributed by atoms with Gasteiger partial charge in [0.05, 0.1) is 35.9 Å². The molecule has 4 heterocycles. The van der Waals surface area contributed by atoms with E-state index >= 15 is 0 Å². The third-order valence-electron chi connectivity index (χ3n) is 7.58. The van der Waals surface area contributed by atoms with Crippen LogP contribution in [0.2, 0.25) is 0 Å². The van der Waals surface area contributed by atoms with Gasteiger partial charge in [-0.25, -0.2) is 19.7 Å². The van der Waals surface area contributed by atoms with Crippen molar-refractivity contribution in [2.24, 2.45) is 0 Å². The third kappa shape index (κ3) is 5.41. The first-order valence-corrected chi connectivity index (χ1v) is 13.8. The number of hydrogen-bond acceptors (Lipinski definition) is 11. The quantitative estimate of drug-likeness (QED) is 0.379. The summed E-state index contributed by atoms with van der Waals surface area (Å²) in [6.45, 7) is 8.01. The Bertz CT molecular complexity index is 1500.